The van der Waals surface area contributed by atoms with E-state index in [0.717, 1.165) is 26.1 Å². The van der Waals surface area contributed by atoms with E-state index in [1.165, 1.54) is 12.5 Å². The van der Waals surface area contributed by atoms with Gasteiger partial charge >= 0.3 is 0 Å². The lowest BCUT2D eigenvalue weighted by Gasteiger charge is -2.32. The zero-order valence-electron chi connectivity index (χ0n) is 11.8. The number of likely N-dealkylation sites (tertiary alicyclic amines) is 1. The lowest BCUT2D eigenvalue weighted by molar-refractivity contribution is 0.152. The highest BCUT2D eigenvalue weighted by molar-refractivity contribution is 6.31. The van der Waals surface area contributed by atoms with Gasteiger partial charge in [0.05, 0.1) is 0 Å². The van der Waals surface area contributed by atoms with E-state index in [2.05, 4.69) is 15.0 Å². The average Bonchev–Trinajstić information content (AvgIpc) is 2.96. The fourth-order valence-electron chi connectivity index (χ4n) is 2.94. The molecule has 0 bridgehead atoms. The van der Waals surface area contributed by atoms with Crippen molar-refractivity contribution in [2.24, 2.45) is 5.92 Å². The van der Waals surface area contributed by atoms with Gasteiger partial charge in [-0.3, -0.25) is 9.58 Å². The number of piperidine rings is 1. The standard InChI is InChI=1S/C15H18ClFN4/c16-14-4-1-5-15(17)13(14)9-20-6-2-3-12(7-20)8-21-11-18-10-19-21/h1,4-5,10-12H,2-3,6-9H2. The molecule has 1 unspecified atom stereocenters. The van der Waals surface area contributed by atoms with Gasteiger partial charge in [0.25, 0.3) is 0 Å². The second-order valence-electron chi connectivity index (χ2n) is 5.56. The summed E-state index contributed by atoms with van der Waals surface area (Å²) in [5, 5.41) is 4.66. The molecule has 0 aliphatic carbocycles. The van der Waals surface area contributed by atoms with Crippen LogP contribution in [0, 0.1) is 11.7 Å². The average molecular weight is 309 g/mol. The number of halogens is 2. The Bertz CT molecular complexity index is 567. The maximum Gasteiger partial charge on any atom is 0.137 e. The first-order valence-corrected chi connectivity index (χ1v) is 7.58. The number of hydrogen-bond donors (Lipinski definition) is 0. The molecule has 2 aromatic rings. The van der Waals surface area contributed by atoms with E-state index in [1.54, 1.807) is 24.8 Å². The van der Waals surface area contributed by atoms with Crippen molar-refractivity contribution in [3.63, 3.8) is 0 Å². The summed E-state index contributed by atoms with van der Waals surface area (Å²) in [4.78, 5) is 6.24. The molecule has 1 fully saturated rings. The van der Waals surface area contributed by atoms with Gasteiger partial charge in [-0.15, -0.1) is 0 Å². The number of benzene rings is 1. The summed E-state index contributed by atoms with van der Waals surface area (Å²) in [6.45, 7) is 3.35. The van der Waals surface area contributed by atoms with Crippen molar-refractivity contribution in [3.05, 3.63) is 47.3 Å². The Morgan fingerprint density at radius 3 is 3.05 bits per heavy atom. The van der Waals surface area contributed by atoms with Gasteiger partial charge in [0.2, 0.25) is 0 Å². The van der Waals surface area contributed by atoms with Crippen LogP contribution in [0.4, 0.5) is 4.39 Å². The van der Waals surface area contributed by atoms with E-state index in [9.17, 15) is 4.39 Å². The molecule has 4 nitrogen and oxygen atoms in total. The molecular formula is C15H18ClFN4. The SMILES string of the molecule is Fc1cccc(Cl)c1CN1CCCC(Cn2cncn2)C1. The van der Waals surface area contributed by atoms with Crippen molar-refractivity contribution in [3.8, 4) is 0 Å². The Kier molecular flexibility index (Phi) is 4.51. The molecule has 3 rings (SSSR count). The minimum atomic E-state index is -0.221. The molecule has 0 radical (unpaired) electrons. The Labute approximate surface area is 128 Å². The highest BCUT2D eigenvalue weighted by Gasteiger charge is 2.22. The van der Waals surface area contributed by atoms with Crippen LogP contribution < -0.4 is 0 Å². The van der Waals surface area contributed by atoms with E-state index in [1.807, 2.05) is 4.68 Å². The molecule has 0 saturated carbocycles. The topological polar surface area (TPSA) is 34.0 Å². The second kappa shape index (κ2) is 6.54. The molecule has 1 aliphatic rings. The Hall–Kier alpha value is -1.46. The Morgan fingerprint density at radius 2 is 2.29 bits per heavy atom. The predicted octanol–water partition coefficient (Wildman–Crippen LogP) is 2.98. The van der Waals surface area contributed by atoms with Crippen molar-refractivity contribution in [2.75, 3.05) is 13.1 Å². The molecule has 1 aromatic heterocycles. The Balaban J connectivity index is 1.63. The van der Waals surface area contributed by atoms with Gasteiger partial charge in [0.1, 0.15) is 18.5 Å². The molecule has 1 saturated heterocycles. The normalized spacial score (nSPS) is 19.8. The van der Waals surface area contributed by atoms with Crippen molar-refractivity contribution in [1.82, 2.24) is 19.7 Å². The van der Waals surface area contributed by atoms with Gasteiger partial charge in [-0.25, -0.2) is 9.37 Å². The van der Waals surface area contributed by atoms with Crippen LogP contribution in [0.3, 0.4) is 0 Å². The lowest BCUT2D eigenvalue weighted by Crippen LogP contribution is -2.37. The minimum Gasteiger partial charge on any atom is -0.299 e. The molecule has 21 heavy (non-hydrogen) atoms. The van der Waals surface area contributed by atoms with E-state index in [4.69, 9.17) is 11.6 Å². The van der Waals surface area contributed by atoms with Crippen molar-refractivity contribution in [1.29, 1.82) is 0 Å². The van der Waals surface area contributed by atoms with E-state index in [-0.39, 0.29) is 5.82 Å². The number of nitrogens with zero attached hydrogens (tertiary/aromatic N) is 4. The van der Waals surface area contributed by atoms with Crippen LogP contribution in [0.5, 0.6) is 0 Å². The highest BCUT2D eigenvalue weighted by Crippen LogP contribution is 2.24. The van der Waals surface area contributed by atoms with Gasteiger partial charge in [-0.05, 0) is 37.4 Å². The van der Waals surface area contributed by atoms with Gasteiger partial charge < -0.3 is 0 Å². The van der Waals surface area contributed by atoms with Crippen LogP contribution >= 0.6 is 11.6 Å². The molecule has 1 aromatic carbocycles. The minimum absolute atomic E-state index is 0.221. The molecule has 2 heterocycles. The number of aromatic nitrogens is 3. The van der Waals surface area contributed by atoms with Crippen LogP contribution in [-0.4, -0.2) is 32.8 Å². The first-order chi connectivity index (χ1) is 10.2. The quantitative estimate of drug-likeness (QED) is 0.871. The second-order valence-corrected chi connectivity index (χ2v) is 5.97. The zero-order chi connectivity index (χ0) is 14.7. The van der Waals surface area contributed by atoms with Gasteiger partial charge in [0.15, 0.2) is 0 Å². The molecule has 0 spiro atoms. The van der Waals surface area contributed by atoms with E-state index >= 15 is 0 Å². The van der Waals surface area contributed by atoms with Gasteiger partial charge in [-0.1, -0.05) is 17.7 Å². The van der Waals surface area contributed by atoms with Gasteiger partial charge in [0, 0.05) is 30.2 Å². The lowest BCUT2D eigenvalue weighted by atomic mass is 9.97. The number of hydrogen-bond acceptors (Lipinski definition) is 3. The third kappa shape index (κ3) is 3.60. The molecule has 0 N–H and O–H groups in total. The Morgan fingerprint density at radius 1 is 1.38 bits per heavy atom. The summed E-state index contributed by atoms with van der Waals surface area (Å²) in [5.41, 5.74) is 0.598. The predicted molar refractivity (Wildman–Crippen MR) is 79.4 cm³/mol. The van der Waals surface area contributed by atoms with Crippen molar-refractivity contribution >= 4 is 11.6 Å². The molecule has 0 amide bonds. The summed E-state index contributed by atoms with van der Waals surface area (Å²) in [7, 11) is 0. The molecule has 1 aliphatic heterocycles. The summed E-state index contributed by atoms with van der Waals surface area (Å²) in [6, 6.07) is 4.86. The third-order valence-electron chi connectivity index (χ3n) is 3.96. The largest absolute Gasteiger partial charge is 0.299 e. The van der Waals surface area contributed by atoms with Crippen LogP contribution in [0.15, 0.2) is 30.9 Å². The summed E-state index contributed by atoms with van der Waals surface area (Å²) < 4.78 is 15.7. The smallest absolute Gasteiger partial charge is 0.137 e. The molecule has 112 valence electrons. The molecule has 1 atom stereocenters. The fourth-order valence-corrected chi connectivity index (χ4v) is 3.17. The van der Waals surface area contributed by atoms with E-state index < -0.39 is 0 Å². The summed E-state index contributed by atoms with van der Waals surface area (Å²) in [5.74, 6) is 0.298. The van der Waals surface area contributed by atoms with Crippen LogP contribution in [0.1, 0.15) is 18.4 Å². The van der Waals surface area contributed by atoms with E-state index in [0.29, 0.717) is 23.0 Å². The fraction of sp³-hybridized carbons (Fsp3) is 0.467. The maximum absolute atomic E-state index is 13.9. The summed E-state index contributed by atoms with van der Waals surface area (Å²) in [6.07, 6.45) is 5.58. The first-order valence-electron chi connectivity index (χ1n) is 7.20. The van der Waals surface area contributed by atoms with Crippen LogP contribution in [0.2, 0.25) is 5.02 Å². The molecule has 6 heteroatoms. The maximum atomic E-state index is 13.9. The molecular weight excluding hydrogens is 291 g/mol. The number of rotatable bonds is 4. The summed E-state index contributed by atoms with van der Waals surface area (Å²) >= 11 is 6.11. The van der Waals surface area contributed by atoms with Crippen LogP contribution in [0.25, 0.3) is 0 Å². The van der Waals surface area contributed by atoms with Crippen molar-refractivity contribution in [2.45, 2.75) is 25.9 Å². The monoisotopic (exact) mass is 308 g/mol. The first kappa shape index (κ1) is 14.5. The zero-order valence-corrected chi connectivity index (χ0v) is 12.5. The van der Waals surface area contributed by atoms with Crippen LogP contribution in [-0.2, 0) is 13.1 Å². The van der Waals surface area contributed by atoms with Crippen molar-refractivity contribution < 1.29 is 4.39 Å². The highest BCUT2D eigenvalue weighted by atomic mass is 35.5. The van der Waals surface area contributed by atoms with Gasteiger partial charge in [-0.2, -0.15) is 5.10 Å². The third-order valence-corrected chi connectivity index (χ3v) is 4.31.